The SMILES string of the molecule is Cc1ccc(Cc2nnc(C=Cc3ccc(F)cc3F)o2)cc1Br. The van der Waals surface area contributed by atoms with Crippen LogP contribution in [0.3, 0.4) is 0 Å². The molecular weight excluding hydrogens is 378 g/mol. The van der Waals surface area contributed by atoms with Gasteiger partial charge in [0.25, 0.3) is 0 Å². The molecule has 0 saturated heterocycles. The average molecular weight is 391 g/mol. The van der Waals surface area contributed by atoms with E-state index >= 15 is 0 Å². The van der Waals surface area contributed by atoms with Crippen molar-refractivity contribution >= 4 is 28.1 Å². The van der Waals surface area contributed by atoms with Gasteiger partial charge in [0, 0.05) is 22.2 Å². The highest BCUT2D eigenvalue weighted by Gasteiger charge is 2.07. The standard InChI is InChI=1S/C18H13BrF2N2O/c1-11-2-3-12(8-15(11)19)9-18-23-22-17(24-18)7-5-13-4-6-14(20)10-16(13)21/h2-8,10H,9H2,1H3. The minimum absolute atomic E-state index is 0.249. The Morgan fingerprint density at radius 2 is 1.92 bits per heavy atom. The topological polar surface area (TPSA) is 38.9 Å². The second kappa shape index (κ2) is 7.05. The van der Waals surface area contributed by atoms with Crippen LogP contribution in [0.5, 0.6) is 0 Å². The lowest BCUT2D eigenvalue weighted by Crippen LogP contribution is -1.89. The summed E-state index contributed by atoms with van der Waals surface area (Å²) in [5.41, 5.74) is 2.43. The van der Waals surface area contributed by atoms with Crippen molar-refractivity contribution in [1.29, 1.82) is 0 Å². The van der Waals surface area contributed by atoms with Crippen LogP contribution in [-0.2, 0) is 6.42 Å². The molecule has 0 atom stereocenters. The molecule has 0 bridgehead atoms. The van der Waals surface area contributed by atoms with E-state index in [1.165, 1.54) is 24.3 Å². The lowest BCUT2D eigenvalue weighted by molar-refractivity contribution is 0.496. The lowest BCUT2D eigenvalue weighted by Gasteiger charge is -2.01. The van der Waals surface area contributed by atoms with Crippen molar-refractivity contribution in [3.05, 3.63) is 81.0 Å². The fourth-order valence-corrected chi connectivity index (χ4v) is 2.55. The third-order valence-corrected chi connectivity index (χ3v) is 4.30. The summed E-state index contributed by atoms with van der Waals surface area (Å²) in [6, 6.07) is 9.37. The third kappa shape index (κ3) is 3.94. The maximum atomic E-state index is 13.6. The molecule has 0 unspecified atom stereocenters. The Balaban J connectivity index is 1.73. The van der Waals surface area contributed by atoms with E-state index in [2.05, 4.69) is 26.1 Å². The molecule has 0 fully saturated rings. The van der Waals surface area contributed by atoms with Gasteiger partial charge < -0.3 is 4.42 Å². The van der Waals surface area contributed by atoms with Gasteiger partial charge in [0.2, 0.25) is 11.8 Å². The zero-order valence-corrected chi connectivity index (χ0v) is 14.3. The van der Waals surface area contributed by atoms with Gasteiger partial charge in [-0.1, -0.05) is 28.1 Å². The number of rotatable bonds is 4. The summed E-state index contributed by atoms with van der Waals surface area (Å²) < 4.78 is 33.0. The summed E-state index contributed by atoms with van der Waals surface area (Å²) in [5.74, 6) is -0.533. The summed E-state index contributed by atoms with van der Waals surface area (Å²) in [7, 11) is 0. The van der Waals surface area contributed by atoms with E-state index in [0.717, 1.165) is 21.7 Å². The number of benzene rings is 2. The van der Waals surface area contributed by atoms with Crippen molar-refractivity contribution in [3.63, 3.8) is 0 Å². The molecule has 3 nitrogen and oxygen atoms in total. The van der Waals surface area contributed by atoms with Gasteiger partial charge in [-0.15, -0.1) is 10.2 Å². The number of nitrogens with zero attached hydrogens (tertiary/aromatic N) is 2. The van der Waals surface area contributed by atoms with Crippen LogP contribution in [0.2, 0.25) is 0 Å². The van der Waals surface area contributed by atoms with Gasteiger partial charge in [0.1, 0.15) is 11.6 Å². The number of hydrogen-bond acceptors (Lipinski definition) is 3. The van der Waals surface area contributed by atoms with Crippen molar-refractivity contribution in [2.75, 3.05) is 0 Å². The van der Waals surface area contributed by atoms with Crippen molar-refractivity contribution in [2.24, 2.45) is 0 Å². The van der Waals surface area contributed by atoms with E-state index in [9.17, 15) is 8.78 Å². The Morgan fingerprint density at radius 1 is 1.08 bits per heavy atom. The van der Waals surface area contributed by atoms with Gasteiger partial charge in [0.15, 0.2) is 0 Å². The van der Waals surface area contributed by atoms with Crippen LogP contribution in [0.25, 0.3) is 12.2 Å². The molecule has 0 amide bonds. The Morgan fingerprint density at radius 3 is 2.67 bits per heavy atom. The number of hydrogen-bond donors (Lipinski definition) is 0. The molecule has 0 spiro atoms. The molecular formula is C18H13BrF2N2O. The molecule has 3 rings (SSSR count). The van der Waals surface area contributed by atoms with Gasteiger partial charge >= 0.3 is 0 Å². The van der Waals surface area contributed by atoms with Crippen molar-refractivity contribution in [1.82, 2.24) is 10.2 Å². The summed E-state index contributed by atoms with van der Waals surface area (Å²) >= 11 is 3.49. The molecule has 6 heteroatoms. The minimum atomic E-state index is -0.643. The molecule has 0 N–H and O–H groups in total. The van der Waals surface area contributed by atoms with Crippen LogP contribution in [0.1, 0.15) is 28.5 Å². The maximum Gasteiger partial charge on any atom is 0.240 e. The van der Waals surface area contributed by atoms with Crippen LogP contribution in [0.15, 0.2) is 45.3 Å². The molecule has 3 aromatic rings. The number of aromatic nitrogens is 2. The quantitative estimate of drug-likeness (QED) is 0.615. The summed E-state index contributed by atoms with van der Waals surface area (Å²) in [6.07, 6.45) is 3.47. The highest BCUT2D eigenvalue weighted by Crippen LogP contribution is 2.20. The summed E-state index contributed by atoms with van der Waals surface area (Å²) in [6.45, 7) is 2.01. The lowest BCUT2D eigenvalue weighted by atomic mass is 10.1. The minimum Gasteiger partial charge on any atom is -0.421 e. The van der Waals surface area contributed by atoms with Gasteiger partial charge in [-0.2, -0.15) is 0 Å². The van der Waals surface area contributed by atoms with Crippen LogP contribution in [0.4, 0.5) is 8.78 Å². The van der Waals surface area contributed by atoms with Crippen LogP contribution < -0.4 is 0 Å². The van der Waals surface area contributed by atoms with E-state index in [-0.39, 0.29) is 11.5 Å². The Labute approximate surface area is 146 Å². The fraction of sp³-hybridized carbons (Fsp3) is 0.111. The smallest absolute Gasteiger partial charge is 0.240 e. The molecule has 24 heavy (non-hydrogen) atoms. The van der Waals surface area contributed by atoms with E-state index < -0.39 is 11.6 Å². The molecule has 0 saturated carbocycles. The monoisotopic (exact) mass is 390 g/mol. The molecule has 1 aromatic heterocycles. The number of aryl methyl sites for hydroxylation is 1. The molecule has 122 valence electrons. The second-order valence-corrected chi connectivity index (χ2v) is 6.15. The molecule has 0 aliphatic carbocycles. The first kappa shape index (κ1) is 16.5. The molecule has 0 aliphatic rings. The molecule has 0 radical (unpaired) electrons. The summed E-state index contributed by atoms with van der Waals surface area (Å²) in [5, 5.41) is 7.88. The van der Waals surface area contributed by atoms with Crippen LogP contribution in [0, 0.1) is 18.6 Å². The van der Waals surface area contributed by atoms with Crippen LogP contribution in [-0.4, -0.2) is 10.2 Å². The predicted octanol–water partition coefficient (Wildman–Crippen LogP) is 5.18. The zero-order valence-electron chi connectivity index (χ0n) is 12.8. The van der Waals surface area contributed by atoms with Gasteiger partial charge in [-0.05, 0) is 42.3 Å². The van der Waals surface area contributed by atoms with Crippen molar-refractivity contribution < 1.29 is 13.2 Å². The first-order valence-corrected chi connectivity index (χ1v) is 8.01. The Kier molecular flexibility index (Phi) is 4.85. The third-order valence-electron chi connectivity index (χ3n) is 3.44. The van der Waals surface area contributed by atoms with Gasteiger partial charge in [-0.3, -0.25) is 0 Å². The average Bonchev–Trinajstić information content (AvgIpc) is 2.98. The number of halogens is 3. The van der Waals surface area contributed by atoms with E-state index in [1.807, 2.05) is 25.1 Å². The first-order chi connectivity index (χ1) is 11.5. The Bertz CT molecular complexity index is 906. The first-order valence-electron chi connectivity index (χ1n) is 7.22. The molecule has 1 heterocycles. The largest absolute Gasteiger partial charge is 0.421 e. The normalized spacial score (nSPS) is 11.3. The van der Waals surface area contributed by atoms with E-state index in [4.69, 9.17) is 4.42 Å². The van der Waals surface area contributed by atoms with E-state index in [0.29, 0.717) is 12.3 Å². The van der Waals surface area contributed by atoms with Crippen molar-refractivity contribution in [2.45, 2.75) is 13.3 Å². The van der Waals surface area contributed by atoms with E-state index in [1.54, 1.807) is 0 Å². The Hall–Kier alpha value is -2.34. The highest BCUT2D eigenvalue weighted by molar-refractivity contribution is 9.10. The van der Waals surface area contributed by atoms with Gasteiger partial charge in [-0.25, -0.2) is 8.78 Å². The van der Waals surface area contributed by atoms with Crippen LogP contribution >= 0.6 is 15.9 Å². The predicted molar refractivity (Wildman–Crippen MR) is 91.3 cm³/mol. The molecule has 0 aliphatic heterocycles. The second-order valence-electron chi connectivity index (χ2n) is 5.29. The maximum absolute atomic E-state index is 13.6. The summed E-state index contributed by atoms with van der Waals surface area (Å²) in [4.78, 5) is 0. The fourth-order valence-electron chi connectivity index (χ4n) is 2.12. The van der Waals surface area contributed by atoms with Crippen molar-refractivity contribution in [3.8, 4) is 0 Å². The molecule has 2 aromatic carbocycles. The van der Waals surface area contributed by atoms with Gasteiger partial charge in [0.05, 0.1) is 6.42 Å². The zero-order chi connectivity index (χ0) is 17.1. The highest BCUT2D eigenvalue weighted by atomic mass is 79.9.